The van der Waals surface area contributed by atoms with Gasteiger partial charge in [0.1, 0.15) is 13.3 Å². The Kier molecular flexibility index (Phi) is 2.31. The molecule has 0 atom stereocenters. The van der Waals surface area contributed by atoms with E-state index in [0.717, 1.165) is 0 Å². The van der Waals surface area contributed by atoms with E-state index in [0.29, 0.717) is 13.3 Å². The molecule has 0 saturated carbocycles. The van der Waals surface area contributed by atoms with Crippen molar-refractivity contribution in [2.45, 2.75) is 0 Å². The highest BCUT2D eigenvalue weighted by molar-refractivity contribution is 6.21. The Bertz CT molecular complexity index is 150. The summed E-state index contributed by atoms with van der Waals surface area (Å²) < 4.78 is 1.17. The third-order valence-electron chi connectivity index (χ3n) is 1.15. The van der Waals surface area contributed by atoms with E-state index in [1.807, 2.05) is 0 Å². The molecule has 0 aliphatic carbocycles. The smallest absolute Gasteiger partial charge is 0.230 e. The lowest BCUT2D eigenvalue weighted by Gasteiger charge is -2.26. The molecule has 57 valence electrons. The summed E-state index contributed by atoms with van der Waals surface area (Å²) in [6.07, 6.45) is 0. The maximum atomic E-state index is 7.10. The average molecular weight is 164 g/mol. The summed E-state index contributed by atoms with van der Waals surface area (Å²) in [5.41, 5.74) is 7.10. The second kappa shape index (κ2) is 3.05. The van der Waals surface area contributed by atoms with E-state index in [1.54, 1.807) is 0 Å². The number of nitrogens with zero attached hydrogens (tertiary/aromatic N) is 3. The van der Waals surface area contributed by atoms with Gasteiger partial charge in [-0.25, -0.2) is 9.41 Å². The van der Waals surface area contributed by atoms with E-state index in [9.17, 15) is 0 Å². The summed E-state index contributed by atoms with van der Waals surface area (Å²) >= 11 is 5.53. The zero-order valence-corrected chi connectivity index (χ0v) is 6.30. The number of hydrogen-bond donors (Lipinski definition) is 0. The fraction of sp³-hybridized carbons (Fsp3) is 0.750. The highest BCUT2D eigenvalue weighted by atomic mass is 35.5. The summed E-state index contributed by atoms with van der Waals surface area (Å²) in [5.74, 6) is 0.0787. The zero-order valence-electron chi connectivity index (χ0n) is 5.54. The summed E-state index contributed by atoms with van der Waals surface area (Å²) in [5, 5.41) is 1.53. The molecular formula is C4H8ClN4O. The van der Waals surface area contributed by atoms with Gasteiger partial charge in [0.15, 0.2) is 0 Å². The molecule has 1 N–H and O–H groups in total. The SMILES string of the molecule is CON1CN=C([NH])N(Cl)C1. The number of hydrogen-bond acceptors (Lipinski definition) is 4. The van der Waals surface area contributed by atoms with Crippen molar-refractivity contribution in [1.82, 2.24) is 15.2 Å². The summed E-state index contributed by atoms with van der Waals surface area (Å²) in [4.78, 5) is 8.57. The molecule has 0 spiro atoms. The Hall–Kier alpha value is -0.520. The van der Waals surface area contributed by atoms with Crippen LogP contribution in [0.5, 0.6) is 0 Å². The lowest BCUT2D eigenvalue weighted by Crippen LogP contribution is -2.41. The van der Waals surface area contributed by atoms with Gasteiger partial charge in [0.2, 0.25) is 5.96 Å². The Morgan fingerprint density at radius 2 is 2.50 bits per heavy atom. The molecule has 0 amide bonds. The van der Waals surface area contributed by atoms with Crippen LogP contribution in [0.25, 0.3) is 0 Å². The normalized spacial score (nSPS) is 21.0. The van der Waals surface area contributed by atoms with E-state index in [2.05, 4.69) is 4.99 Å². The third kappa shape index (κ3) is 1.50. The van der Waals surface area contributed by atoms with Gasteiger partial charge in [-0.15, -0.1) is 5.06 Å². The standard InChI is InChI=1S/C4H8ClN4O/c1-10-8-2-7-4(6)9(5)3-8/h6H,2-3H2,1H3. The number of halogens is 1. The largest absolute Gasteiger partial charge is 0.299 e. The predicted octanol–water partition coefficient (Wildman–Crippen LogP) is -0.127. The molecule has 1 radical (unpaired) electrons. The lowest BCUT2D eigenvalue weighted by molar-refractivity contribution is -0.145. The van der Waals surface area contributed by atoms with Crippen LogP contribution in [0.4, 0.5) is 0 Å². The van der Waals surface area contributed by atoms with Crippen LogP contribution in [-0.2, 0) is 4.84 Å². The molecule has 0 aromatic rings. The van der Waals surface area contributed by atoms with Gasteiger partial charge < -0.3 is 0 Å². The molecule has 1 rings (SSSR count). The van der Waals surface area contributed by atoms with Crippen molar-refractivity contribution in [3.8, 4) is 0 Å². The molecule has 0 unspecified atom stereocenters. The number of hydroxylamine groups is 2. The monoisotopic (exact) mass is 163 g/mol. The fourth-order valence-electron chi connectivity index (χ4n) is 0.588. The van der Waals surface area contributed by atoms with E-state index in [4.69, 9.17) is 22.3 Å². The first-order valence-corrected chi connectivity index (χ1v) is 3.06. The van der Waals surface area contributed by atoms with E-state index in [1.165, 1.54) is 16.6 Å². The Morgan fingerprint density at radius 3 is 3.00 bits per heavy atom. The van der Waals surface area contributed by atoms with Crippen molar-refractivity contribution < 1.29 is 4.84 Å². The average Bonchev–Trinajstić information content (AvgIpc) is 1.95. The van der Waals surface area contributed by atoms with Gasteiger partial charge in [0, 0.05) is 11.8 Å². The molecule has 10 heavy (non-hydrogen) atoms. The molecular weight excluding hydrogens is 156 g/mol. The minimum atomic E-state index is 0.0787. The van der Waals surface area contributed by atoms with E-state index < -0.39 is 0 Å². The molecule has 0 aromatic carbocycles. The first-order chi connectivity index (χ1) is 4.74. The molecule has 1 aliphatic heterocycles. The Morgan fingerprint density at radius 1 is 1.80 bits per heavy atom. The van der Waals surface area contributed by atoms with Crippen molar-refractivity contribution in [3.05, 3.63) is 0 Å². The molecule has 1 aliphatic rings. The summed E-state index contributed by atoms with van der Waals surface area (Å²) in [6, 6.07) is 0. The molecule has 6 heteroatoms. The van der Waals surface area contributed by atoms with Crippen molar-refractivity contribution in [2.75, 3.05) is 20.4 Å². The topological polar surface area (TPSA) is 51.9 Å². The molecule has 0 aromatic heterocycles. The Labute approximate surface area is 64.1 Å². The van der Waals surface area contributed by atoms with Crippen LogP contribution in [0.1, 0.15) is 0 Å². The highest BCUT2D eigenvalue weighted by Crippen LogP contribution is 2.04. The lowest BCUT2D eigenvalue weighted by atomic mass is 10.8. The van der Waals surface area contributed by atoms with Gasteiger partial charge >= 0.3 is 0 Å². The number of guanidine groups is 1. The molecule has 0 saturated heterocycles. The van der Waals surface area contributed by atoms with Crippen LogP contribution < -0.4 is 5.73 Å². The van der Waals surface area contributed by atoms with Crippen LogP contribution in [0.15, 0.2) is 4.99 Å². The first kappa shape index (κ1) is 7.59. The van der Waals surface area contributed by atoms with Crippen molar-refractivity contribution in [3.63, 3.8) is 0 Å². The van der Waals surface area contributed by atoms with Gasteiger partial charge in [-0.2, -0.15) is 0 Å². The van der Waals surface area contributed by atoms with E-state index in [-0.39, 0.29) is 5.96 Å². The van der Waals surface area contributed by atoms with Gasteiger partial charge in [-0.1, -0.05) is 0 Å². The minimum absolute atomic E-state index is 0.0787. The van der Waals surface area contributed by atoms with Crippen LogP contribution in [0.2, 0.25) is 0 Å². The van der Waals surface area contributed by atoms with Crippen LogP contribution in [-0.4, -0.2) is 35.9 Å². The van der Waals surface area contributed by atoms with Crippen LogP contribution >= 0.6 is 11.8 Å². The maximum absolute atomic E-state index is 7.10. The summed E-state index contributed by atoms with van der Waals surface area (Å²) in [6.45, 7) is 0.749. The maximum Gasteiger partial charge on any atom is 0.230 e. The van der Waals surface area contributed by atoms with Crippen molar-refractivity contribution >= 4 is 17.7 Å². The van der Waals surface area contributed by atoms with Gasteiger partial charge in [0.25, 0.3) is 0 Å². The van der Waals surface area contributed by atoms with Gasteiger partial charge in [-0.05, 0) is 0 Å². The molecule has 0 bridgehead atoms. The second-order valence-electron chi connectivity index (χ2n) is 1.79. The van der Waals surface area contributed by atoms with Crippen LogP contribution in [0, 0.1) is 0 Å². The minimum Gasteiger partial charge on any atom is -0.299 e. The third-order valence-corrected chi connectivity index (χ3v) is 1.42. The number of aliphatic imine (C=N–C) groups is 1. The van der Waals surface area contributed by atoms with Crippen molar-refractivity contribution in [1.29, 1.82) is 0 Å². The number of nitrogens with one attached hydrogen (secondary N) is 1. The predicted molar refractivity (Wildman–Crippen MR) is 36.8 cm³/mol. The molecule has 1 heterocycles. The van der Waals surface area contributed by atoms with Gasteiger partial charge in [0.05, 0.1) is 7.11 Å². The quantitative estimate of drug-likeness (QED) is 0.506. The number of rotatable bonds is 1. The summed E-state index contributed by atoms with van der Waals surface area (Å²) in [7, 11) is 1.54. The molecule has 0 fully saturated rings. The zero-order chi connectivity index (χ0) is 7.56. The molecule has 5 nitrogen and oxygen atoms in total. The second-order valence-corrected chi connectivity index (χ2v) is 2.20. The van der Waals surface area contributed by atoms with Gasteiger partial charge in [-0.3, -0.25) is 10.6 Å². The van der Waals surface area contributed by atoms with Crippen molar-refractivity contribution in [2.24, 2.45) is 4.99 Å². The van der Waals surface area contributed by atoms with Crippen LogP contribution in [0.3, 0.4) is 0 Å². The first-order valence-electron chi connectivity index (χ1n) is 2.72. The van der Waals surface area contributed by atoms with E-state index >= 15 is 0 Å². The highest BCUT2D eigenvalue weighted by Gasteiger charge is 2.16. The fourth-order valence-corrected chi connectivity index (χ4v) is 0.761. The Balaban J connectivity index is 2.51.